The molecule has 0 unspecified atom stereocenters. The van der Waals surface area contributed by atoms with Crippen LogP contribution in [0.15, 0.2) is 24.3 Å². The van der Waals surface area contributed by atoms with Crippen molar-refractivity contribution in [3.63, 3.8) is 0 Å². The number of rotatable bonds is 6. The second-order valence-corrected chi connectivity index (χ2v) is 9.13. The average molecular weight is 467 g/mol. The molecule has 2 aromatic heterocycles. The Morgan fingerprint density at radius 2 is 2.07 bits per heavy atom. The van der Waals surface area contributed by atoms with Crippen LogP contribution in [-0.2, 0) is 11.3 Å². The molecule has 0 spiro atoms. The maximum Gasteiger partial charge on any atom is 0.306 e. The van der Waals surface area contributed by atoms with Crippen LogP contribution in [0.5, 0.6) is 5.75 Å². The molecule has 0 saturated carbocycles. The zero-order valence-electron chi connectivity index (χ0n) is 16.2. The van der Waals surface area contributed by atoms with Crippen LogP contribution in [0.1, 0.15) is 18.4 Å². The number of anilines is 2. The molecule has 0 bridgehead atoms. The molecule has 3 aromatic rings. The van der Waals surface area contributed by atoms with Gasteiger partial charge in [-0.05, 0) is 36.6 Å². The smallest absolute Gasteiger partial charge is 0.306 e. The standard InChI is InChI=1S/C20H20Cl2N4O3S/c1-29-15-3-2-11(8-14(15)21)10-23-17-13-9-16(22)30-18(13)25-20(24-17)26-6-4-12(5-7-26)19(27)28/h2-3,8-9,12H,4-7,10H2,1H3,(H,27,28)(H,23,24,25). The monoisotopic (exact) mass is 466 g/mol. The number of halogens is 2. The number of nitrogens with zero attached hydrogens (tertiary/aromatic N) is 3. The topological polar surface area (TPSA) is 87.6 Å². The minimum atomic E-state index is -0.739. The van der Waals surface area contributed by atoms with Gasteiger partial charge in [-0.3, -0.25) is 4.79 Å². The lowest BCUT2D eigenvalue weighted by molar-refractivity contribution is -0.142. The molecule has 3 heterocycles. The highest BCUT2D eigenvalue weighted by Crippen LogP contribution is 2.34. The molecule has 30 heavy (non-hydrogen) atoms. The number of hydrogen-bond donors (Lipinski definition) is 2. The highest BCUT2D eigenvalue weighted by atomic mass is 35.5. The lowest BCUT2D eigenvalue weighted by Crippen LogP contribution is -2.37. The molecular formula is C20H20Cl2N4O3S. The minimum absolute atomic E-state index is 0.307. The van der Waals surface area contributed by atoms with Crippen molar-refractivity contribution in [3.8, 4) is 5.75 Å². The van der Waals surface area contributed by atoms with Gasteiger partial charge in [0.1, 0.15) is 16.4 Å². The normalized spacial score (nSPS) is 14.8. The van der Waals surface area contributed by atoms with Gasteiger partial charge in [-0.2, -0.15) is 4.98 Å². The summed E-state index contributed by atoms with van der Waals surface area (Å²) in [6.07, 6.45) is 1.16. The fourth-order valence-corrected chi connectivity index (χ4v) is 4.85. The number of thiophene rings is 1. The van der Waals surface area contributed by atoms with E-state index in [0.717, 1.165) is 15.8 Å². The molecule has 0 radical (unpaired) electrons. The summed E-state index contributed by atoms with van der Waals surface area (Å²) in [5.41, 5.74) is 0.984. The predicted molar refractivity (Wildman–Crippen MR) is 120 cm³/mol. The lowest BCUT2D eigenvalue weighted by atomic mass is 9.97. The van der Waals surface area contributed by atoms with E-state index < -0.39 is 5.97 Å². The van der Waals surface area contributed by atoms with Gasteiger partial charge in [-0.15, -0.1) is 11.3 Å². The molecule has 0 amide bonds. The van der Waals surface area contributed by atoms with Crippen LogP contribution in [0.3, 0.4) is 0 Å². The van der Waals surface area contributed by atoms with Crippen LogP contribution in [0, 0.1) is 5.92 Å². The first kappa shape index (κ1) is 21.0. The molecule has 158 valence electrons. The SMILES string of the molecule is COc1ccc(CNc2nc(N3CCC(C(=O)O)CC3)nc3sc(Cl)cc23)cc1Cl. The number of hydrogen-bond acceptors (Lipinski definition) is 7. The van der Waals surface area contributed by atoms with E-state index in [2.05, 4.69) is 10.3 Å². The van der Waals surface area contributed by atoms with Crippen molar-refractivity contribution >= 4 is 62.5 Å². The Morgan fingerprint density at radius 1 is 1.30 bits per heavy atom. The maximum atomic E-state index is 11.2. The molecule has 1 saturated heterocycles. The van der Waals surface area contributed by atoms with Gasteiger partial charge >= 0.3 is 5.97 Å². The van der Waals surface area contributed by atoms with Crippen LogP contribution >= 0.6 is 34.5 Å². The van der Waals surface area contributed by atoms with Crippen LogP contribution in [0.2, 0.25) is 9.36 Å². The predicted octanol–water partition coefficient (Wildman–Crippen LogP) is 4.92. The van der Waals surface area contributed by atoms with Crippen molar-refractivity contribution in [1.29, 1.82) is 0 Å². The fourth-order valence-electron chi connectivity index (χ4n) is 3.49. The van der Waals surface area contributed by atoms with Gasteiger partial charge in [0.15, 0.2) is 0 Å². The number of nitrogens with one attached hydrogen (secondary N) is 1. The zero-order chi connectivity index (χ0) is 21.3. The molecule has 0 aliphatic carbocycles. The number of fused-ring (bicyclic) bond motifs is 1. The van der Waals surface area contributed by atoms with Gasteiger partial charge in [-0.1, -0.05) is 29.3 Å². The first-order valence-electron chi connectivity index (χ1n) is 9.45. The molecule has 10 heteroatoms. The Labute approximate surface area is 187 Å². The van der Waals surface area contributed by atoms with Crippen LogP contribution in [0.25, 0.3) is 10.2 Å². The van der Waals surface area contributed by atoms with Crippen molar-refractivity contribution in [2.75, 3.05) is 30.4 Å². The van der Waals surface area contributed by atoms with Gasteiger partial charge in [0.25, 0.3) is 0 Å². The highest BCUT2D eigenvalue weighted by Gasteiger charge is 2.26. The van der Waals surface area contributed by atoms with E-state index in [9.17, 15) is 9.90 Å². The van der Waals surface area contributed by atoms with Crippen molar-refractivity contribution in [2.24, 2.45) is 5.92 Å². The number of methoxy groups -OCH3 is 1. The van der Waals surface area contributed by atoms with E-state index in [1.807, 2.05) is 29.2 Å². The largest absolute Gasteiger partial charge is 0.495 e. The quantitative estimate of drug-likeness (QED) is 0.532. The third kappa shape index (κ3) is 4.40. The third-order valence-corrected chi connectivity index (χ3v) is 6.61. The van der Waals surface area contributed by atoms with Crippen molar-refractivity contribution in [1.82, 2.24) is 9.97 Å². The fraction of sp³-hybridized carbons (Fsp3) is 0.350. The molecule has 0 atom stereocenters. The zero-order valence-corrected chi connectivity index (χ0v) is 18.5. The number of aromatic nitrogens is 2. The van der Waals surface area contributed by atoms with Gasteiger partial charge in [-0.25, -0.2) is 4.98 Å². The number of carboxylic acid groups (broad SMARTS) is 1. The Bertz CT molecular complexity index is 1080. The first-order valence-corrected chi connectivity index (χ1v) is 11.0. The molecule has 1 fully saturated rings. The number of ether oxygens (including phenoxy) is 1. The Hall–Kier alpha value is -2.29. The highest BCUT2D eigenvalue weighted by molar-refractivity contribution is 7.22. The van der Waals surface area contributed by atoms with Gasteiger partial charge in [0.2, 0.25) is 5.95 Å². The Morgan fingerprint density at radius 3 is 2.73 bits per heavy atom. The number of carbonyl (C=O) groups is 1. The molecule has 4 rings (SSSR count). The van der Waals surface area contributed by atoms with Crippen LogP contribution < -0.4 is 15.0 Å². The van der Waals surface area contributed by atoms with E-state index in [4.69, 9.17) is 32.9 Å². The summed E-state index contributed by atoms with van der Waals surface area (Å²) >= 11 is 13.9. The third-order valence-electron chi connectivity index (χ3n) is 5.15. The van der Waals surface area contributed by atoms with Gasteiger partial charge < -0.3 is 20.1 Å². The molecule has 1 aliphatic rings. The van der Waals surface area contributed by atoms with Crippen molar-refractivity contribution < 1.29 is 14.6 Å². The van der Waals surface area contributed by atoms with Gasteiger partial charge in [0, 0.05) is 19.6 Å². The summed E-state index contributed by atoms with van der Waals surface area (Å²) < 4.78 is 5.84. The Kier molecular flexibility index (Phi) is 6.17. The summed E-state index contributed by atoms with van der Waals surface area (Å²) in [7, 11) is 1.58. The number of benzene rings is 1. The summed E-state index contributed by atoms with van der Waals surface area (Å²) in [5, 5.41) is 14.0. The minimum Gasteiger partial charge on any atom is -0.495 e. The van der Waals surface area contributed by atoms with Crippen molar-refractivity contribution in [2.45, 2.75) is 19.4 Å². The first-order chi connectivity index (χ1) is 14.4. The van der Waals surface area contributed by atoms with Crippen LogP contribution in [-0.4, -0.2) is 41.2 Å². The van der Waals surface area contributed by atoms with E-state index >= 15 is 0 Å². The second-order valence-electron chi connectivity index (χ2n) is 7.06. The van der Waals surface area contributed by atoms with E-state index in [1.165, 1.54) is 11.3 Å². The molecule has 2 N–H and O–H groups in total. The molecular weight excluding hydrogens is 447 g/mol. The van der Waals surface area contributed by atoms with Gasteiger partial charge in [0.05, 0.1) is 27.8 Å². The average Bonchev–Trinajstić information content (AvgIpc) is 3.12. The summed E-state index contributed by atoms with van der Waals surface area (Å²) in [6.45, 7) is 1.73. The van der Waals surface area contributed by atoms with E-state index in [-0.39, 0.29) is 5.92 Å². The molecule has 1 aromatic carbocycles. The molecule has 7 nitrogen and oxygen atoms in total. The lowest BCUT2D eigenvalue weighted by Gasteiger charge is -2.30. The summed E-state index contributed by atoms with van der Waals surface area (Å²) in [4.78, 5) is 23.4. The van der Waals surface area contributed by atoms with E-state index in [1.54, 1.807) is 7.11 Å². The number of carboxylic acids is 1. The van der Waals surface area contributed by atoms with Crippen molar-refractivity contribution in [3.05, 3.63) is 39.2 Å². The second kappa shape index (κ2) is 8.83. The Balaban J connectivity index is 1.57. The molecule has 1 aliphatic heterocycles. The van der Waals surface area contributed by atoms with E-state index in [0.29, 0.717) is 59.4 Å². The van der Waals surface area contributed by atoms with Crippen LogP contribution in [0.4, 0.5) is 11.8 Å². The number of aliphatic carboxylic acids is 1. The summed E-state index contributed by atoms with van der Waals surface area (Å²) in [5.74, 6) is 0.849. The maximum absolute atomic E-state index is 11.2. The summed E-state index contributed by atoms with van der Waals surface area (Å²) in [6, 6.07) is 7.47. The number of piperidine rings is 1.